The molecule has 3 aromatic rings. The van der Waals surface area contributed by atoms with Crippen molar-refractivity contribution in [2.24, 2.45) is 11.8 Å². The topological polar surface area (TPSA) is 69.0 Å². The molecule has 1 saturated heterocycles. The number of fused-ring (bicyclic) bond motifs is 1. The number of pyridine rings is 1. The van der Waals surface area contributed by atoms with Gasteiger partial charge in [-0.3, -0.25) is 0 Å². The first-order chi connectivity index (χ1) is 15.2. The average molecular weight is 456 g/mol. The first-order valence-corrected chi connectivity index (χ1v) is 10.1. The summed E-state index contributed by atoms with van der Waals surface area (Å²) in [5, 5.41) is 3.92. The van der Waals surface area contributed by atoms with Crippen molar-refractivity contribution in [1.82, 2.24) is 24.7 Å². The van der Waals surface area contributed by atoms with E-state index in [1.807, 2.05) is 11.8 Å². The normalized spacial score (nSPS) is 19.7. The van der Waals surface area contributed by atoms with Crippen molar-refractivity contribution in [2.45, 2.75) is 32.5 Å². The van der Waals surface area contributed by atoms with Crippen LogP contribution in [0.3, 0.4) is 0 Å². The second-order valence-corrected chi connectivity index (χ2v) is 7.79. The van der Waals surface area contributed by atoms with E-state index >= 15 is 0 Å². The summed E-state index contributed by atoms with van der Waals surface area (Å²) in [6.45, 7) is 2.65. The van der Waals surface area contributed by atoms with Gasteiger partial charge in [0.1, 0.15) is 23.6 Å². The minimum Gasteiger partial charge on any atom is -0.491 e. The van der Waals surface area contributed by atoms with Gasteiger partial charge in [-0.25, -0.2) is 28.4 Å². The molecule has 32 heavy (non-hydrogen) atoms. The van der Waals surface area contributed by atoms with Gasteiger partial charge >= 0.3 is 6.18 Å². The van der Waals surface area contributed by atoms with Crippen LogP contribution in [0, 0.1) is 11.8 Å². The van der Waals surface area contributed by atoms with Crippen molar-refractivity contribution < 1.29 is 26.7 Å². The molecule has 2 atom stereocenters. The first kappa shape index (κ1) is 22.2. The van der Waals surface area contributed by atoms with Gasteiger partial charge in [0.15, 0.2) is 11.3 Å². The molecule has 0 radical (unpaired) electrons. The highest BCUT2D eigenvalue weighted by Crippen LogP contribution is 2.35. The molecule has 0 spiro atoms. The van der Waals surface area contributed by atoms with Crippen LogP contribution >= 0.6 is 0 Å². The molecule has 0 N–H and O–H groups in total. The van der Waals surface area contributed by atoms with Crippen LogP contribution < -0.4 is 9.64 Å². The number of piperidine rings is 1. The summed E-state index contributed by atoms with van der Waals surface area (Å²) < 4.78 is 71.7. The van der Waals surface area contributed by atoms with E-state index in [1.165, 1.54) is 18.3 Å². The van der Waals surface area contributed by atoms with E-state index in [0.29, 0.717) is 24.4 Å². The lowest BCUT2D eigenvalue weighted by Gasteiger charge is -2.37. The lowest BCUT2D eigenvalue weighted by molar-refractivity contribution is -0.142. The molecule has 0 amide bonds. The van der Waals surface area contributed by atoms with Gasteiger partial charge in [-0.05, 0) is 24.5 Å². The Bertz CT molecular complexity index is 1070. The maximum absolute atomic E-state index is 13.2. The number of anilines is 1. The molecule has 0 saturated carbocycles. The van der Waals surface area contributed by atoms with Crippen LogP contribution in [0.1, 0.15) is 19.0 Å². The molecule has 1 aliphatic heterocycles. The Morgan fingerprint density at radius 3 is 2.78 bits per heavy atom. The van der Waals surface area contributed by atoms with E-state index in [9.17, 15) is 22.0 Å². The fourth-order valence-corrected chi connectivity index (χ4v) is 3.75. The standard InChI is InChI=1S/C20H21F5N6O/c1-12-4-6-30(17-8-27-14-7-28-31(10-16(21)22)19(14)29-17)9-13(12)11-32-15-3-2-5-26-18(15)20(23,24)25/h2-3,5,7-8,12-13,16H,4,6,9-11H2,1H3. The van der Waals surface area contributed by atoms with Gasteiger partial charge in [-0.2, -0.15) is 18.3 Å². The Labute approximate surface area is 180 Å². The van der Waals surface area contributed by atoms with Gasteiger partial charge in [0.25, 0.3) is 6.43 Å². The molecule has 7 nitrogen and oxygen atoms in total. The molecule has 4 heterocycles. The molecular weight excluding hydrogens is 435 g/mol. The number of alkyl halides is 5. The van der Waals surface area contributed by atoms with E-state index in [2.05, 4.69) is 20.1 Å². The van der Waals surface area contributed by atoms with Crippen molar-refractivity contribution >= 4 is 17.0 Å². The zero-order chi connectivity index (χ0) is 22.9. The Kier molecular flexibility index (Phi) is 6.11. The van der Waals surface area contributed by atoms with Crippen molar-refractivity contribution in [1.29, 1.82) is 0 Å². The molecule has 0 aromatic carbocycles. The quantitative estimate of drug-likeness (QED) is 0.522. The number of aromatic nitrogens is 5. The Balaban J connectivity index is 1.49. The second-order valence-electron chi connectivity index (χ2n) is 7.79. The van der Waals surface area contributed by atoms with E-state index < -0.39 is 24.8 Å². The van der Waals surface area contributed by atoms with Gasteiger partial charge in [0.2, 0.25) is 0 Å². The van der Waals surface area contributed by atoms with Gasteiger partial charge in [0, 0.05) is 25.2 Å². The summed E-state index contributed by atoms with van der Waals surface area (Å²) >= 11 is 0. The minimum absolute atomic E-state index is 0.0748. The smallest absolute Gasteiger partial charge is 0.437 e. The van der Waals surface area contributed by atoms with Crippen molar-refractivity contribution in [3.05, 3.63) is 36.4 Å². The third-order valence-corrected chi connectivity index (χ3v) is 5.57. The fourth-order valence-electron chi connectivity index (χ4n) is 3.75. The maximum Gasteiger partial charge on any atom is 0.437 e. The third kappa shape index (κ3) is 4.73. The number of nitrogens with zero attached hydrogens (tertiary/aromatic N) is 6. The lowest BCUT2D eigenvalue weighted by Crippen LogP contribution is -2.42. The SMILES string of the molecule is CC1CCN(c2cnc3cnn(CC(F)F)c3n2)CC1COc1cccnc1C(F)(F)F. The van der Waals surface area contributed by atoms with Gasteiger partial charge < -0.3 is 9.64 Å². The number of hydrogen-bond donors (Lipinski definition) is 0. The van der Waals surface area contributed by atoms with Crippen LogP contribution in [0.25, 0.3) is 11.2 Å². The average Bonchev–Trinajstić information content (AvgIpc) is 3.14. The summed E-state index contributed by atoms with van der Waals surface area (Å²) in [7, 11) is 0. The first-order valence-electron chi connectivity index (χ1n) is 10.1. The zero-order valence-electron chi connectivity index (χ0n) is 17.1. The van der Waals surface area contributed by atoms with Crippen LogP contribution in [-0.4, -0.2) is 50.9 Å². The van der Waals surface area contributed by atoms with Crippen LogP contribution in [0.15, 0.2) is 30.7 Å². The van der Waals surface area contributed by atoms with Gasteiger partial charge in [-0.15, -0.1) is 0 Å². The van der Waals surface area contributed by atoms with Crippen molar-refractivity contribution in [2.75, 3.05) is 24.6 Å². The Morgan fingerprint density at radius 1 is 1.22 bits per heavy atom. The molecule has 1 fully saturated rings. The molecule has 12 heteroatoms. The maximum atomic E-state index is 13.2. The Morgan fingerprint density at radius 2 is 2.03 bits per heavy atom. The molecular formula is C20H21F5N6O. The highest BCUT2D eigenvalue weighted by molar-refractivity contribution is 5.71. The summed E-state index contributed by atoms with van der Waals surface area (Å²) in [5.74, 6) is 0.330. The van der Waals surface area contributed by atoms with Crippen LogP contribution in [-0.2, 0) is 12.7 Å². The molecule has 4 rings (SSSR count). The largest absolute Gasteiger partial charge is 0.491 e. The molecule has 0 aliphatic carbocycles. The zero-order valence-corrected chi connectivity index (χ0v) is 17.1. The third-order valence-electron chi connectivity index (χ3n) is 5.57. The van der Waals surface area contributed by atoms with E-state index in [0.717, 1.165) is 17.3 Å². The van der Waals surface area contributed by atoms with E-state index in [-0.39, 0.29) is 29.8 Å². The van der Waals surface area contributed by atoms with Gasteiger partial charge in [0.05, 0.1) is 19.0 Å². The van der Waals surface area contributed by atoms with Crippen LogP contribution in [0.4, 0.5) is 27.8 Å². The molecule has 0 bridgehead atoms. The fraction of sp³-hybridized carbons (Fsp3) is 0.500. The second kappa shape index (κ2) is 8.83. The lowest BCUT2D eigenvalue weighted by atomic mass is 9.87. The van der Waals surface area contributed by atoms with Crippen LogP contribution in [0.5, 0.6) is 5.75 Å². The predicted octanol–water partition coefficient (Wildman–Crippen LogP) is 4.05. The highest BCUT2D eigenvalue weighted by Gasteiger charge is 2.37. The number of ether oxygens (including phenoxy) is 1. The van der Waals surface area contributed by atoms with Crippen molar-refractivity contribution in [3.63, 3.8) is 0 Å². The van der Waals surface area contributed by atoms with Crippen LogP contribution in [0.2, 0.25) is 0 Å². The number of hydrogen-bond acceptors (Lipinski definition) is 6. The molecule has 2 unspecified atom stereocenters. The molecule has 172 valence electrons. The highest BCUT2D eigenvalue weighted by atomic mass is 19.4. The number of rotatable bonds is 6. The Hall–Kier alpha value is -3.05. The van der Waals surface area contributed by atoms with Crippen molar-refractivity contribution in [3.8, 4) is 5.75 Å². The summed E-state index contributed by atoms with van der Waals surface area (Å²) in [6.07, 6.45) is -2.40. The van der Waals surface area contributed by atoms with Gasteiger partial charge in [-0.1, -0.05) is 6.92 Å². The summed E-state index contributed by atoms with van der Waals surface area (Å²) in [6, 6.07) is 2.65. The van der Waals surface area contributed by atoms with E-state index in [4.69, 9.17) is 4.74 Å². The summed E-state index contributed by atoms with van der Waals surface area (Å²) in [4.78, 5) is 14.1. The molecule has 3 aromatic heterocycles. The number of halogens is 5. The minimum atomic E-state index is -4.60. The predicted molar refractivity (Wildman–Crippen MR) is 106 cm³/mol. The van der Waals surface area contributed by atoms with E-state index in [1.54, 1.807) is 6.20 Å². The monoisotopic (exact) mass is 456 g/mol. The summed E-state index contributed by atoms with van der Waals surface area (Å²) in [5.41, 5.74) is -0.376. The molecule has 1 aliphatic rings.